The number of nitriles is 1. The van der Waals surface area contributed by atoms with Crippen LogP contribution in [0.1, 0.15) is 23.8 Å². The minimum Gasteiger partial charge on any atom is -0.479 e. The van der Waals surface area contributed by atoms with E-state index in [1.54, 1.807) is 11.3 Å². The number of nitrogens with zero attached hydrogens (tertiary/aromatic N) is 1. The number of hydrogen-bond donors (Lipinski definition) is 1. The third kappa shape index (κ3) is 3.12. The lowest BCUT2D eigenvalue weighted by Crippen LogP contribution is -2.11. The molecule has 1 N–H and O–H groups in total. The Labute approximate surface area is 122 Å². The molecule has 1 fully saturated rings. The SMILES string of the molecule is N#CCOc1cccc(NC(c2cccs2)C2CC2)c1. The molecule has 0 radical (unpaired) electrons. The Balaban J connectivity index is 1.74. The monoisotopic (exact) mass is 284 g/mol. The molecule has 20 heavy (non-hydrogen) atoms. The molecular weight excluding hydrogens is 268 g/mol. The van der Waals surface area contributed by atoms with E-state index in [9.17, 15) is 0 Å². The van der Waals surface area contributed by atoms with Crippen molar-refractivity contribution in [3.63, 3.8) is 0 Å². The average molecular weight is 284 g/mol. The molecule has 2 aromatic rings. The van der Waals surface area contributed by atoms with E-state index in [2.05, 4.69) is 22.8 Å². The lowest BCUT2D eigenvalue weighted by Gasteiger charge is -2.18. The Bertz CT molecular complexity index is 599. The van der Waals surface area contributed by atoms with Crippen LogP contribution in [0.15, 0.2) is 41.8 Å². The van der Waals surface area contributed by atoms with Gasteiger partial charge in [-0.3, -0.25) is 0 Å². The van der Waals surface area contributed by atoms with E-state index >= 15 is 0 Å². The molecule has 0 saturated heterocycles. The van der Waals surface area contributed by atoms with Crippen LogP contribution in [-0.2, 0) is 0 Å². The summed E-state index contributed by atoms with van der Waals surface area (Å²) >= 11 is 1.80. The van der Waals surface area contributed by atoms with Crippen LogP contribution in [0.3, 0.4) is 0 Å². The van der Waals surface area contributed by atoms with Gasteiger partial charge >= 0.3 is 0 Å². The first-order chi connectivity index (χ1) is 9.86. The third-order valence-electron chi connectivity index (χ3n) is 3.40. The molecule has 0 aliphatic heterocycles. The van der Waals surface area contributed by atoms with Gasteiger partial charge in [-0.15, -0.1) is 11.3 Å². The van der Waals surface area contributed by atoms with E-state index in [1.165, 1.54) is 17.7 Å². The van der Waals surface area contributed by atoms with E-state index in [4.69, 9.17) is 10.00 Å². The van der Waals surface area contributed by atoms with Crippen LogP contribution >= 0.6 is 11.3 Å². The Hall–Kier alpha value is -1.99. The molecule has 102 valence electrons. The first kappa shape index (κ1) is 13.0. The van der Waals surface area contributed by atoms with Crippen molar-refractivity contribution in [3.05, 3.63) is 46.7 Å². The van der Waals surface area contributed by atoms with Crippen LogP contribution in [0, 0.1) is 17.2 Å². The fraction of sp³-hybridized carbons (Fsp3) is 0.312. The van der Waals surface area contributed by atoms with Crippen LogP contribution < -0.4 is 10.1 Å². The molecule has 1 aromatic carbocycles. The number of nitrogens with one attached hydrogen (secondary N) is 1. The Morgan fingerprint density at radius 3 is 2.95 bits per heavy atom. The molecule has 0 bridgehead atoms. The van der Waals surface area contributed by atoms with Gasteiger partial charge in [-0.1, -0.05) is 12.1 Å². The summed E-state index contributed by atoms with van der Waals surface area (Å²) in [6, 6.07) is 14.5. The molecule has 1 atom stereocenters. The number of thiophene rings is 1. The van der Waals surface area contributed by atoms with E-state index in [-0.39, 0.29) is 6.61 Å². The van der Waals surface area contributed by atoms with Crippen molar-refractivity contribution in [2.45, 2.75) is 18.9 Å². The van der Waals surface area contributed by atoms with Gasteiger partial charge in [0.25, 0.3) is 0 Å². The molecule has 3 nitrogen and oxygen atoms in total. The van der Waals surface area contributed by atoms with E-state index < -0.39 is 0 Å². The maximum atomic E-state index is 8.56. The van der Waals surface area contributed by atoms with Crippen molar-refractivity contribution in [2.75, 3.05) is 11.9 Å². The molecule has 1 saturated carbocycles. The molecule has 1 aromatic heterocycles. The van der Waals surface area contributed by atoms with Crippen LogP contribution in [0.5, 0.6) is 5.75 Å². The first-order valence-corrected chi connectivity index (χ1v) is 7.64. The van der Waals surface area contributed by atoms with Crippen molar-refractivity contribution in [2.24, 2.45) is 5.92 Å². The zero-order chi connectivity index (χ0) is 13.8. The standard InChI is InChI=1S/C16H16N2OS/c17-8-9-19-14-4-1-3-13(11-14)18-16(12-6-7-12)15-5-2-10-20-15/h1-5,10-12,16,18H,6-7,9H2. The third-order valence-corrected chi connectivity index (χ3v) is 4.36. The molecule has 3 rings (SSSR count). The quantitative estimate of drug-likeness (QED) is 0.864. The lowest BCUT2D eigenvalue weighted by molar-refractivity contribution is 0.368. The van der Waals surface area contributed by atoms with Crippen molar-refractivity contribution >= 4 is 17.0 Å². The van der Waals surface area contributed by atoms with Gasteiger partial charge in [0.05, 0.1) is 6.04 Å². The van der Waals surface area contributed by atoms with Gasteiger partial charge in [-0.05, 0) is 42.3 Å². The first-order valence-electron chi connectivity index (χ1n) is 6.76. The van der Waals surface area contributed by atoms with Crippen molar-refractivity contribution in [1.29, 1.82) is 5.26 Å². The number of rotatable bonds is 6. The topological polar surface area (TPSA) is 45.0 Å². The van der Waals surface area contributed by atoms with Crippen molar-refractivity contribution < 1.29 is 4.74 Å². The second kappa shape index (κ2) is 5.98. The Morgan fingerprint density at radius 2 is 2.25 bits per heavy atom. The van der Waals surface area contributed by atoms with Crippen LogP contribution in [0.2, 0.25) is 0 Å². The predicted molar refractivity (Wildman–Crippen MR) is 81.0 cm³/mol. The highest BCUT2D eigenvalue weighted by Crippen LogP contribution is 2.44. The maximum absolute atomic E-state index is 8.56. The van der Waals surface area contributed by atoms with Gasteiger partial charge in [0.15, 0.2) is 6.61 Å². The lowest BCUT2D eigenvalue weighted by atomic mass is 10.1. The largest absolute Gasteiger partial charge is 0.479 e. The van der Waals surface area contributed by atoms with Gasteiger partial charge in [0.1, 0.15) is 11.8 Å². The summed E-state index contributed by atoms with van der Waals surface area (Å²) in [5.74, 6) is 1.47. The molecule has 0 spiro atoms. The molecule has 1 aliphatic rings. The minimum atomic E-state index is 0.0838. The van der Waals surface area contributed by atoms with Gasteiger partial charge in [0, 0.05) is 16.6 Å². The second-order valence-electron chi connectivity index (χ2n) is 4.95. The van der Waals surface area contributed by atoms with Crippen LogP contribution in [0.25, 0.3) is 0 Å². The molecule has 1 unspecified atom stereocenters. The number of hydrogen-bond acceptors (Lipinski definition) is 4. The molecular formula is C16H16N2OS. The number of anilines is 1. The summed E-state index contributed by atoms with van der Waals surface area (Å²) in [7, 11) is 0. The van der Waals surface area contributed by atoms with Crippen molar-refractivity contribution in [3.8, 4) is 11.8 Å². The van der Waals surface area contributed by atoms with Crippen molar-refractivity contribution in [1.82, 2.24) is 0 Å². The fourth-order valence-electron chi connectivity index (χ4n) is 2.29. The smallest absolute Gasteiger partial charge is 0.174 e. The zero-order valence-corrected chi connectivity index (χ0v) is 11.9. The minimum absolute atomic E-state index is 0.0838. The van der Waals surface area contributed by atoms with E-state index in [1.807, 2.05) is 30.3 Å². The van der Waals surface area contributed by atoms with Gasteiger partial charge in [-0.25, -0.2) is 0 Å². The number of ether oxygens (including phenoxy) is 1. The Morgan fingerprint density at radius 1 is 1.35 bits per heavy atom. The summed E-state index contributed by atoms with van der Waals surface area (Å²) in [5, 5.41) is 14.3. The second-order valence-corrected chi connectivity index (χ2v) is 5.93. The fourth-order valence-corrected chi connectivity index (χ4v) is 3.16. The van der Waals surface area contributed by atoms with Gasteiger partial charge in [-0.2, -0.15) is 5.26 Å². The summed E-state index contributed by atoms with van der Waals surface area (Å²) in [4.78, 5) is 1.39. The molecule has 1 aliphatic carbocycles. The predicted octanol–water partition coefficient (Wildman–Crippen LogP) is 4.21. The highest BCUT2D eigenvalue weighted by Gasteiger charge is 2.32. The average Bonchev–Trinajstić information content (AvgIpc) is 3.17. The molecule has 4 heteroatoms. The molecule has 0 amide bonds. The zero-order valence-electron chi connectivity index (χ0n) is 11.1. The summed E-state index contributed by atoms with van der Waals surface area (Å²) in [6.45, 7) is 0.0838. The van der Waals surface area contributed by atoms with Crippen LogP contribution in [0.4, 0.5) is 5.69 Å². The highest BCUT2D eigenvalue weighted by molar-refractivity contribution is 7.10. The molecule has 1 heterocycles. The van der Waals surface area contributed by atoms with E-state index in [0.717, 1.165) is 17.4 Å². The summed E-state index contributed by atoms with van der Waals surface area (Å²) in [6.07, 6.45) is 2.58. The Kier molecular flexibility index (Phi) is 3.89. The number of benzene rings is 1. The summed E-state index contributed by atoms with van der Waals surface area (Å²) in [5.41, 5.74) is 1.05. The van der Waals surface area contributed by atoms with Crippen LogP contribution in [-0.4, -0.2) is 6.61 Å². The maximum Gasteiger partial charge on any atom is 0.174 e. The van der Waals surface area contributed by atoms with Gasteiger partial charge < -0.3 is 10.1 Å². The van der Waals surface area contributed by atoms with E-state index in [0.29, 0.717) is 6.04 Å². The normalized spacial score (nSPS) is 15.3. The summed E-state index contributed by atoms with van der Waals surface area (Å²) < 4.78 is 5.35. The highest BCUT2D eigenvalue weighted by atomic mass is 32.1. The van der Waals surface area contributed by atoms with Gasteiger partial charge in [0.2, 0.25) is 0 Å².